The van der Waals surface area contributed by atoms with Crippen LogP contribution in [0.25, 0.3) is 33.4 Å². The van der Waals surface area contributed by atoms with Crippen LogP contribution in [-0.4, -0.2) is 5.78 Å². The third-order valence-corrected chi connectivity index (χ3v) is 5.05. The molecule has 0 aliphatic heterocycles. The second kappa shape index (κ2) is 5.82. The van der Waals surface area contributed by atoms with E-state index in [-0.39, 0.29) is 5.78 Å². The van der Waals surface area contributed by atoms with E-state index in [1.54, 1.807) is 0 Å². The van der Waals surface area contributed by atoms with Gasteiger partial charge in [-0.3, -0.25) is 4.79 Å². The number of rotatable bonds is 2. The molecule has 0 spiro atoms. The Balaban J connectivity index is 1.68. The molecule has 0 N–H and O–H groups in total. The Hall–Kier alpha value is -3.45. The summed E-state index contributed by atoms with van der Waals surface area (Å²) in [5, 5.41) is 0. The number of fused-ring (bicyclic) bond motifs is 3. The molecule has 0 heterocycles. The molecule has 0 radical (unpaired) electrons. The van der Waals surface area contributed by atoms with Gasteiger partial charge in [-0.05, 0) is 39.4 Å². The van der Waals surface area contributed by atoms with Gasteiger partial charge in [0.2, 0.25) is 0 Å². The second-order valence-corrected chi connectivity index (χ2v) is 6.55. The fourth-order valence-corrected chi connectivity index (χ4v) is 3.80. The lowest BCUT2D eigenvalue weighted by Crippen LogP contribution is -1.95. The lowest BCUT2D eigenvalue weighted by Gasteiger charge is -2.11. The minimum absolute atomic E-state index is 0.120. The first-order valence-corrected chi connectivity index (χ1v) is 8.76. The summed E-state index contributed by atoms with van der Waals surface area (Å²) in [7, 11) is 0. The van der Waals surface area contributed by atoms with Gasteiger partial charge in [0.05, 0.1) is 0 Å². The van der Waals surface area contributed by atoms with Crippen LogP contribution in [0.5, 0.6) is 0 Å². The molecular weight excluding hydrogens is 316 g/mol. The number of ketones is 1. The molecule has 1 heteroatoms. The predicted molar refractivity (Wildman–Crippen MR) is 106 cm³/mol. The van der Waals surface area contributed by atoms with Crippen molar-refractivity contribution in [3.8, 4) is 33.4 Å². The molecule has 0 unspecified atom stereocenters. The first-order chi connectivity index (χ1) is 12.8. The summed E-state index contributed by atoms with van der Waals surface area (Å²) >= 11 is 0. The molecule has 1 nitrogen and oxygen atoms in total. The van der Waals surface area contributed by atoms with Crippen LogP contribution in [0.4, 0.5) is 0 Å². The van der Waals surface area contributed by atoms with Crippen molar-refractivity contribution in [1.82, 2.24) is 0 Å². The van der Waals surface area contributed by atoms with E-state index in [1.807, 2.05) is 42.5 Å². The quantitative estimate of drug-likeness (QED) is 0.374. The van der Waals surface area contributed by atoms with Crippen LogP contribution in [0, 0.1) is 0 Å². The van der Waals surface area contributed by atoms with Gasteiger partial charge in [-0.15, -0.1) is 0 Å². The van der Waals surface area contributed by atoms with Crippen molar-refractivity contribution in [3.05, 3.63) is 108 Å². The van der Waals surface area contributed by atoms with Crippen molar-refractivity contribution in [2.75, 3.05) is 0 Å². The Morgan fingerprint density at radius 2 is 0.923 bits per heavy atom. The third kappa shape index (κ3) is 2.21. The third-order valence-electron chi connectivity index (χ3n) is 5.05. The highest BCUT2D eigenvalue weighted by atomic mass is 16.1. The number of hydrogen-bond donors (Lipinski definition) is 0. The van der Waals surface area contributed by atoms with Crippen molar-refractivity contribution < 1.29 is 4.79 Å². The highest BCUT2D eigenvalue weighted by molar-refractivity contribution is 6.22. The minimum atomic E-state index is 0.120. The minimum Gasteiger partial charge on any atom is -0.289 e. The topological polar surface area (TPSA) is 17.1 Å². The van der Waals surface area contributed by atoms with Gasteiger partial charge >= 0.3 is 0 Å². The van der Waals surface area contributed by atoms with Crippen LogP contribution in [-0.2, 0) is 0 Å². The molecular formula is C25H16O. The van der Waals surface area contributed by atoms with Crippen LogP contribution in [0.2, 0.25) is 0 Å². The maximum Gasteiger partial charge on any atom is 0.194 e. The highest BCUT2D eigenvalue weighted by Gasteiger charge is 2.26. The van der Waals surface area contributed by atoms with E-state index in [0.717, 1.165) is 33.4 Å². The van der Waals surface area contributed by atoms with Gasteiger partial charge in [0, 0.05) is 11.1 Å². The van der Waals surface area contributed by atoms with Gasteiger partial charge in [0.1, 0.15) is 0 Å². The number of carbonyl (C=O) groups is 1. The largest absolute Gasteiger partial charge is 0.289 e. The zero-order chi connectivity index (χ0) is 17.5. The van der Waals surface area contributed by atoms with Gasteiger partial charge in [-0.1, -0.05) is 91.0 Å². The monoisotopic (exact) mass is 332 g/mol. The van der Waals surface area contributed by atoms with E-state index in [2.05, 4.69) is 54.6 Å². The molecule has 5 rings (SSSR count). The molecule has 0 fully saturated rings. The second-order valence-electron chi connectivity index (χ2n) is 6.55. The lowest BCUT2D eigenvalue weighted by molar-refractivity contribution is 0.104. The summed E-state index contributed by atoms with van der Waals surface area (Å²) in [6.07, 6.45) is 0. The fourth-order valence-electron chi connectivity index (χ4n) is 3.80. The van der Waals surface area contributed by atoms with Crippen LogP contribution < -0.4 is 0 Å². The molecule has 0 atom stereocenters. The van der Waals surface area contributed by atoms with Crippen molar-refractivity contribution in [2.45, 2.75) is 0 Å². The smallest absolute Gasteiger partial charge is 0.194 e. The maximum atomic E-state index is 12.8. The van der Waals surface area contributed by atoms with E-state index < -0.39 is 0 Å². The molecule has 0 saturated carbocycles. The molecule has 0 amide bonds. The molecule has 0 bridgehead atoms. The summed E-state index contributed by atoms with van der Waals surface area (Å²) in [6, 6.07) is 32.8. The van der Waals surface area contributed by atoms with Crippen LogP contribution >= 0.6 is 0 Å². The van der Waals surface area contributed by atoms with E-state index in [0.29, 0.717) is 0 Å². The molecule has 4 aromatic carbocycles. The summed E-state index contributed by atoms with van der Waals surface area (Å²) in [6.45, 7) is 0. The zero-order valence-electron chi connectivity index (χ0n) is 14.1. The Bertz CT molecular complexity index is 1140. The van der Waals surface area contributed by atoms with Crippen molar-refractivity contribution in [3.63, 3.8) is 0 Å². The Labute approximate surface area is 152 Å². The number of benzene rings is 4. The molecule has 0 saturated heterocycles. The molecule has 26 heavy (non-hydrogen) atoms. The van der Waals surface area contributed by atoms with E-state index in [4.69, 9.17) is 0 Å². The number of hydrogen-bond acceptors (Lipinski definition) is 1. The zero-order valence-corrected chi connectivity index (χ0v) is 14.1. The Morgan fingerprint density at radius 3 is 1.65 bits per heavy atom. The average molecular weight is 332 g/mol. The standard InChI is InChI=1S/C25H16O/c26-25-23-13-7-6-12-21(23)22-15-14-18(16-24(22)25)20-11-5-4-10-19(20)17-8-2-1-3-9-17/h1-16H. The molecule has 122 valence electrons. The SMILES string of the molecule is O=C1c2ccccc2-c2ccc(-c3ccccc3-c3ccccc3)cc21. The fraction of sp³-hybridized carbons (Fsp3) is 0. The first kappa shape index (κ1) is 14.9. The van der Waals surface area contributed by atoms with Crippen LogP contribution in [0.3, 0.4) is 0 Å². The highest BCUT2D eigenvalue weighted by Crippen LogP contribution is 2.40. The Morgan fingerprint density at radius 1 is 0.385 bits per heavy atom. The summed E-state index contributed by atoms with van der Waals surface area (Å²) < 4.78 is 0. The molecule has 0 aromatic heterocycles. The maximum absolute atomic E-state index is 12.8. The molecule has 4 aromatic rings. The van der Waals surface area contributed by atoms with E-state index in [9.17, 15) is 4.79 Å². The molecule has 1 aliphatic carbocycles. The summed E-state index contributed by atoms with van der Waals surface area (Å²) in [4.78, 5) is 12.8. The van der Waals surface area contributed by atoms with Gasteiger partial charge in [-0.2, -0.15) is 0 Å². The summed E-state index contributed by atoms with van der Waals surface area (Å²) in [5.41, 5.74) is 8.24. The predicted octanol–water partition coefficient (Wildman–Crippen LogP) is 6.23. The Kier molecular flexibility index (Phi) is 3.32. The van der Waals surface area contributed by atoms with Gasteiger partial charge < -0.3 is 0 Å². The van der Waals surface area contributed by atoms with Gasteiger partial charge in [0.25, 0.3) is 0 Å². The van der Waals surface area contributed by atoms with Gasteiger partial charge in [-0.25, -0.2) is 0 Å². The molecule has 1 aliphatic rings. The van der Waals surface area contributed by atoms with Gasteiger partial charge in [0.15, 0.2) is 5.78 Å². The summed E-state index contributed by atoms with van der Waals surface area (Å²) in [5.74, 6) is 0.120. The van der Waals surface area contributed by atoms with Crippen molar-refractivity contribution in [1.29, 1.82) is 0 Å². The van der Waals surface area contributed by atoms with Crippen LogP contribution in [0.15, 0.2) is 97.1 Å². The van der Waals surface area contributed by atoms with E-state index in [1.165, 1.54) is 11.1 Å². The lowest BCUT2D eigenvalue weighted by atomic mass is 9.92. The van der Waals surface area contributed by atoms with Crippen LogP contribution in [0.1, 0.15) is 15.9 Å². The number of carbonyl (C=O) groups excluding carboxylic acids is 1. The first-order valence-electron chi connectivity index (χ1n) is 8.76. The van der Waals surface area contributed by atoms with Crippen molar-refractivity contribution >= 4 is 5.78 Å². The normalized spacial score (nSPS) is 11.9. The van der Waals surface area contributed by atoms with E-state index >= 15 is 0 Å². The average Bonchev–Trinajstić information content (AvgIpc) is 3.01. The van der Waals surface area contributed by atoms with Crippen molar-refractivity contribution in [2.24, 2.45) is 0 Å².